The molecule has 1 aliphatic rings. The van der Waals surface area contributed by atoms with Crippen molar-refractivity contribution >= 4 is 28.9 Å². The number of rotatable bonds is 9. The minimum Gasteiger partial charge on any atom is -0.494 e. The van der Waals surface area contributed by atoms with Crippen LogP contribution in [0.3, 0.4) is 0 Å². The van der Waals surface area contributed by atoms with Crippen molar-refractivity contribution in [1.82, 2.24) is 5.01 Å². The van der Waals surface area contributed by atoms with Crippen LogP contribution < -0.4 is 14.2 Å². The third-order valence-corrected chi connectivity index (χ3v) is 6.41. The number of nitrogens with zero attached hydrogens (tertiary/aromatic N) is 2. The van der Waals surface area contributed by atoms with Crippen LogP contribution in [0.5, 0.6) is 17.2 Å². The maximum absolute atomic E-state index is 13.2. The Morgan fingerprint density at radius 3 is 2.49 bits per heavy atom. The smallest absolute Gasteiger partial charge is 0.338 e. The molecule has 0 aliphatic carbocycles. The summed E-state index contributed by atoms with van der Waals surface area (Å²) < 4.78 is 21.5. The number of ether oxygens (including phenoxy) is 4. The van der Waals surface area contributed by atoms with Gasteiger partial charge in [0, 0.05) is 6.42 Å². The van der Waals surface area contributed by atoms with E-state index in [1.807, 2.05) is 36.6 Å². The lowest BCUT2D eigenvalue weighted by Crippen LogP contribution is -2.31. The number of benzene rings is 2. The van der Waals surface area contributed by atoms with Gasteiger partial charge >= 0.3 is 5.97 Å². The summed E-state index contributed by atoms with van der Waals surface area (Å²) in [6.45, 7) is 1.98. The summed E-state index contributed by atoms with van der Waals surface area (Å²) in [4.78, 5) is 26.6. The maximum atomic E-state index is 13.2. The molecule has 1 unspecified atom stereocenters. The molecular weight excluding hydrogens is 468 g/mol. The van der Waals surface area contributed by atoms with Crippen LogP contribution in [0.25, 0.3) is 0 Å². The SMILES string of the molecule is CCOc1ccc(C(=O)OCC(=O)N2N=C(c3cccs3)CC2c2ccc(OC)c(OC)c2)cc1. The van der Waals surface area contributed by atoms with Crippen LogP contribution in [0.15, 0.2) is 65.1 Å². The first-order chi connectivity index (χ1) is 17.0. The van der Waals surface area contributed by atoms with E-state index in [-0.39, 0.29) is 6.04 Å². The minimum absolute atomic E-state index is 0.335. The van der Waals surface area contributed by atoms with Gasteiger partial charge in [0.2, 0.25) is 0 Å². The van der Waals surface area contributed by atoms with Crippen LogP contribution in [0, 0.1) is 0 Å². The molecule has 3 aromatic rings. The predicted molar refractivity (Wildman–Crippen MR) is 132 cm³/mol. The average Bonchev–Trinajstić information content (AvgIpc) is 3.58. The van der Waals surface area contributed by atoms with Crippen molar-refractivity contribution in [3.8, 4) is 17.2 Å². The fraction of sp³-hybridized carbons (Fsp3) is 0.269. The fourth-order valence-corrected chi connectivity index (χ4v) is 4.50. The van der Waals surface area contributed by atoms with Gasteiger partial charge in [0.15, 0.2) is 18.1 Å². The Labute approximate surface area is 207 Å². The van der Waals surface area contributed by atoms with Crippen LogP contribution in [0.4, 0.5) is 0 Å². The monoisotopic (exact) mass is 494 g/mol. The highest BCUT2D eigenvalue weighted by Crippen LogP contribution is 2.37. The molecule has 182 valence electrons. The van der Waals surface area contributed by atoms with E-state index in [4.69, 9.17) is 18.9 Å². The van der Waals surface area contributed by atoms with Gasteiger partial charge in [0.05, 0.1) is 43.0 Å². The number of carbonyl (C=O) groups excluding carboxylic acids is 2. The molecule has 0 bridgehead atoms. The molecule has 0 radical (unpaired) electrons. The molecule has 1 atom stereocenters. The van der Waals surface area contributed by atoms with Crippen molar-refractivity contribution in [1.29, 1.82) is 0 Å². The van der Waals surface area contributed by atoms with Crippen molar-refractivity contribution in [3.63, 3.8) is 0 Å². The van der Waals surface area contributed by atoms with Crippen LogP contribution in [0.2, 0.25) is 0 Å². The number of thiophene rings is 1. The van der Waals surface area contributed by atoms with Gasteiger partial charge in [0.25, 0.3) is 5.91 Å². The number of hydrogen-bond acceptors (Lipinski definition) is 8. The number of amides is 1. The van der Waals surface area contributed by atoms with Gasteiger partial charge in [0.1, 0.15) is 5.75 Å². The average molecular weight is 495 g/mol. The first kappa shape index (κ1) is 24.3. The zero-order valence-electron chi connectivity index (χ0n) is 19.7. The Morgan fingerprint density at radius 1 is 1.06 bits per heavy atom. The Kier molecular flexibility index (Phi) is 7.67. The number of hydrazone groups is 1. The molecule has 8 nitrogen and oxygen atoms in total. The van der Waals surface area contributed by atoms with Crippen LogP contribution in [-0.2, 0) is 9.53 Å². The lowest BCUT2D eigenvalue weighted by Gasteiger charge is -2.22. The minimum atomic E-state index is -0.592. The Hall–Kier alpha value is -3.85. The van der Waals surface area contributed by atoms with E-state index in [2.05, 4.69) is 5.10 Å². The summed E-state index contributed by atoms with van der Waals surface area (Å²) in [6.07, 6.45) is 0.522. The summed E-state index contributed by atoms with van der Waals surface area (Å²) in [5, 5.41) is 7.96. The topological polar surface area (TPSA) is 86.7 Å². The van der Waals surface area contributed by atoms with Crippen LogP contribution >= 0.6 is 11.3 Å². The normalized spacial score (nSPS) is 14.9. The first-order valence-corrected chi connectivity index (χ1v) is 12.0. The third-order valence-electron chi connectivity index (χ3n) is 5.49. The molecule has 1 aromatic heterocycles. The summed E-state index contributed by atoms with van der Waals surface area (Å²) in [7, 11) is 3.13. The van der Waals surface area contributed by atoms with E-state index >= 15 is 0 Å². The standard InChI is InChI=1S/C26H26N2O6S/c1-4-33-19-10-7-17(8-11-19)26(30)34-16-25(29)28-21(15-20(27-28)24-6-5-13-35-24)18-9-12-22(31-2)23(14-18)32-3/h5-14,21H,4,15-16H2,1-3H3. The van der Waals surface area contributed by atoms with Crippen LogP contribution in [-0.4, -0.2) is 50.0 Å². The van der Waals surface area contributed by atoms with Gasteiger partial charge < -0.3 is 18.9 Å². The van der Waals surface area contributed by atoms with Gasteiger partial charge in [-0.15, -0.1) is 11.3 Å². The van der Waals surface area contributed by atoms with E-state index in [0.29, 0.717) is 35.8 Å². The van der Waals surface area contributed by atoms with E-state index in [0.717, 1.165) is 16.2 Å². The predicted octanol–water partition coefficient (Wildman–Crippen LogP) is 4.70. The van der Waals surface area contributed by atoms with Crippen molar-refractivity contribution in [2.24, 2.45) is 5.10 Å². The van der Waals surface area contributed by atoms with Gasteiger partial charge in [-0.2, -0.15) is 5.10 Å². The largest absolute Gasteiger partial charge is 0.494 e. The van der Waals surface area contributed by atoms with E-state index in [9.17, 15) is 9.59 Å². The zero-order chi connectivity index (χ0) is 24.8. The lowest BCUT2D eigenvalue weighted by molar-refractivity contribution is -0.136. The number of methoxy groups -OCH3 is 2. The molecule has 2 heterocycles. The molecule has 0 fully saturated rings. The fourth-order valence-electron chi connectivity index (χ4n) is 3.78. The number of carbonyl (C=O) groups is 2. The lowest BCUT2D eigenvalue weighted by atomic mass is 10.0. The van der Waals surface area contributed by atoms with Gasteiger partial charge in [-0.3, -0.25) is 4.79 Å². The molecule has 0 N–H and O–H groups in total. The molecule has 9 heteroatoms. The molecule has 0 saturated heterocycles. The van der Waals surface area contributed by atoms with Crippen LogP contribution in [0.1, 0.15) is 40.2 Å². The Bertz CT molecular complexity index is 1210. The zero-order valence-corrected chi connectivity index (χ0v) is 20.5. The molecule has 0 saturated carbocycles. The quantitative estimate of drug-likeness (QED) is 0.401. The summed E-state index contributed by atoms with van der Waals surface area (Å²) in [5.74, 6) is 0.798. The summed E-state index contributed by atoms with van der Waals surface area (Å²) in [6, 6.07) is 15.6. The summed E-state index contributed by atoms with van der Waals surface area (Å²) in [5.41, 5.74) is 1.97. The highest BCUT2D eigenvalue weighted by molar-refractivity contribution is 7.12. The van der Waals surface area contributed by atoms with Crippen molar-refractivity contribution in [2.75, 3.05) is 27.4 Å². The van der Waals surface area contributed by atoms with Gasteiger partial charge in [-0.05, 0) is 60.3 Å². The molecule has 0 spiro atoms. The molecule has 1 aliphatic heterocycles. The van der Waals surface area contributed by atoms with E-state index in [1.165, 1.54) is 5.01 Å². The third kappa shape index (κ3) is 5.46. The molecule has 2 aromatic carbocycles. The maximum Gasteiger partial charge on any atom is 0.338 e. The highest BCUT2D eigenvalue weighted by atomic mass is 32.1. The molecule has 35 heavy (non-hydrogen) atoms. The van der Waals surface area contributed by atoms with Gasteiger partial charge in [-0.25, -0.2) is 9.80 Å². The molecular formula is C26H26N2O6S. The van der Waals surface area contributed by atoms with Gasteiger partial charge in [-0.1, -0.05) is 12.1 Å². The van der Waals surface area contributed by atoms with E-state index in [1.54, 1.807) is 55.9 Å². The Balaban J connectivity index is 1.52. The number of esters is 1. The highest BCUT2D eigenvalue weighted by Gasteiger charge is 2.34. The molecule has 1 amide bonds. The van der Waals surface area contributed by atoms with Crippen molar-refractivity contribution in [3.05, 3.63) is 76.0 Å². The molecule has 4 rings (SSSR count). The second-order valence-corrected chi connectivity index (χ2v) is 8.58. The first-order valence-electron chi connectivity index (χ1n) is 11.1. The van der Waals surface area contributed by atoms with E-state index < -0.39 is 18.5 Å². The second kappa shape index (κ2) is 11.1. The number of hydrogen-bond donors (Lipinski definition) is 0. The second-order valence-electron chi connectivity index (χ2n) is 7.63. The Morgan fingerprint density at radius 2 is 1.83 bits per heavy atom. The summed E-state index contributed by atoms with van der Waals surface area (Å²) >= 11 is 1.56. The van der Waals surface area contributed by atoms with Crippen molar-refractivity contribution < 1.29 is 28.5 Å². The van der Waals surface area contributed by atoms with Crippen molar-refractivity contribution in [2.45, 2.75) is 19.4 Å².